The van der Waals surface area contributed by atoms with Crippen molar-refractivity contribution in [1.29, 1.82) is 0 Å². The summed E-state index contributed by atoms with van der Waals surface area (Å²) in [7, 11) is 0. The molecule has 276 valence electrons. The number of esters is 7. The molecular formula is C32H40O18. The number of rotatable bonds is 13. The van der Waals surface area contributed by atoms with E-state index >= 15 is 0 Å². The van der Waals surface area contributed by atoms with Crippen LogP contribution in [0.15, 0.2) is 30.3 Å². The Kier molecular flexibility index (Phi) is 14.5. The summed E-state index contributed by atoms with van der Waals surface area (Å²) in [5, 5.41) is 0. The SMILES string of the molecule is CC(=O)OC[C@H]1O[C@@H](OC[C@H]2O[C@@H](Oc3ccccc3)[C@H](OC(C)=O)[C@@H](OC(C)=O)[C@@H]2OC(C)=O)[C@H](OC(C)=O)[C@@H](OC(C)=O)[C@H]1OC(C)=O. The van der Waals surface area contributed by atoms with Gasteiger partial charge in [-0.1, -0.05) is 18.2 Å². The van der Waals surface area contributed by atoms with Gasteiger partial charge in [-0.15, -0.1) is 0 Å². The Morgan fingerprint density at radius 2 is 0.860 bits per heavy atom. The topological polar surface area (TPSA) is 221 Å². The molecule has 2 saturated heterocycles. The lowest BCUT2D eigenvalue weighted by Gasteiger charge is -2.46. The molecule has 2 aliphatic heterocycles. The Balaban J connectivity index is 2.05. The van der Waals surface area contributed by atoms with Crippen molar-refractivity contribution < 1.29 is 85.7 Å². The van der Waals surface area contributed by atoms with E-state index in [9.17, 15) is 33.6 Å². The van der Waals surface area contributed by atoms with Crippen LogP contribution in [0, 0.1) is 0 Å². The monoisotopic (exact) mass is 712 g/mol. The fraction of sp³-hybridized carbons (Fsp3) is 0.594. The number of hydrogen-bond donors (Lipinski definition) is 0. The smallest absolute Gasteiger partial charge is 0.303 e. The van der Waals surface area contributed by atoms with E-state index < -0.39 is 116 Å². The van der Waals surface area contributed by atoms with Gasteiger partial charge in [-0.2, -0.15) is 0 Å². The second-order valence-electron chi connectivity index (χ2n) is 11.1. The summed E-state index contributed by atoms with van der Waals surface area (Å²) in [4.78, 5) is 84.9. The maximum absolute atomic E-state index is 12.3. The highest BCUT2D eigenvalue weighted by Gasteiger charge is 2.56. The quantitative estimate of drug-likeness (QED) is 0.203. The van der Waals surface area contributed by atoms with Crippen LogP contribution in [0.4, 0.5) is 0 Å². The minimum Gasteiger partial charge on any atom is -0.463 e. The van der Waals surface area contributed by atoms with Gasteiger partial charge in [0, 0.05) is 48.5 Å². The first-order valence-corrected chi connectivity index (χ1v) is 15.4. The lowest BCUT2D eigenvalue weighted by molar-refractivity contribution is -0.327. The summed E-state index contributed by atoms with van der Waals surface area (Å²) < 4.78 is 61.8. The summed E-state index contributed by atoms with van der Waals surface area (Å²) in [6.45, 7) is 6.46. The molecule has 18 heteroatoms. The van der Waals surface area contributed by atoms with Gasteiger partial charge in [-0.25, -0.2) is 0 Å². The van der Waals surface area contributed by atoms with Gasteiger partial charge in [-0.3, -0.25) is 33.6 Å². The zero-order chi connectivity index (χ0) is 37.1. The highest BCUT2D eigenvalue weighted by molar-refractivity contribution is 5.69. The predicted octanol–water partition coefficient (Wildman–Crippen LogP) is 0.685. The molecule has 2 heterocycles. The minimum absolute atomic E-state index is 0.265. The van der Waals surface area contributed by atoms with E-state index in [4.69, 9.17) is 52.1 Å². The van der Waals surface area contributed by atoms with Crippen molar-refractivity contribution in [1.82, 2.24) is 0 Å². The summed E-state index contributed by atoms with van der Waals surface area (Å²) in [6.07, 6.45) is -14.8. The largest absolute Gasteiger partial charge is 0.463 e. The molecular weight excluding hydrogens is 672 g/mol. The van der Waals surface area contributed by atoms with E-state index in [1.807, 2.05) is 0 Å². The van der Waals surface area contributed by atoms with Crippen LogP contribution in [0.5, 0.6) is 5.75 Å². The average Bonchev–Trinajstić information content (AvgIpc) is 3.00. The molecule has 0 N–H and O–H groups in total. The molecule has 0 bridgehead atoms. The second-order valence-corrected chi connectivity index (χ2v) is 11.1. The standard InChI is InChI=1S/C32H40O18/c1-15(33)40-13-23-25(42-16(2)34)27(44-18(4)36)29(46-20(6)38)31(49-23)41-14-24-26(43-17(3)35)28(45-19(5)37)30(47-21(7)39)32(50-24)48-22-11-9-8-10-12-22/h8-12,23-32H,13-14H2,1-7H3/t23-,24-,25+,26-,27+,28+,29-,30-,31-,32-/m1/s1. The fourth-order valence-electron chi connectivity index (χ4n) is 5.23. The highest BCUT2D eigenvalue weighted by atomic mass is 16.8. The van der Waals surface area contributed by atoms with Gasteiger partial charge >= 0.3 is 41.8 Å². The zero-order valence-electron chi connectivity index (χ0n) is 28.4. The third kappa shape index (κ3) is 11.7. The van der Waals surface area contributed by atoms with Crippen LogP contribution < -0.4 is 4.74 Å². The van der Waals surface area contributed by atoms with Gasteiger partial charge < -0.3 is 52.1 Å². The normalized spacial score (nSPS) is 28.9. The first kappa shape index (κ1) is 39.6. The Labute approximate surface area is 286 Å². The van der Waals surface area contributed by atoms with E-state index in [2.05, 4.69) is 0 Å². The van der Waals surface area contributed by atoms with Crippen LogP contribution in [0.25, 0.3) is 0 Å². The van der Waals surface area contributed by atoms with Gasteiger partial charge in [0.05, 0.1) is 6.61 Å². The van der Waals surface area contributed by atoms with Crippen molar-refractivity contribution in [3.05, 3.63) is 30.3 Å². The number of hydrogen-bond acceptors (Lipinski definition) is 18. The summed E-state index contributed by atoms with van der Waals surface area (Å²) >= 11 is 0. The Morgan fingerprint density at radius 1 is 0.480 bits per heavy atom. The average molecular weight is 713 g/mol. The van der Waals surface area contributed by atoms with Crippen LogP contribution in [0.1, 0.15) is 48.5 Å². The molecule has 10 atom stereocenters. The molecule has 3 rings (SSSR count). The summed E-state index contributed by atoms with van der Waals surface area (Å²) in [5.41, 5.74) is 0. The van der Waals surface area contributed by atoms with Crippen LogP contribution in [-0.4, -0.2) is 116 Å². The molecule has 18 nitrogen and oxygen atoms in total. The van der Waals surface area contributed by atoms with Crippen molar-refractivity contribution in [2.24, 2.45) is 0 Å². The Morgan fingerprint density at radius 3 is 1.30 bits per heavy atom. The minimum atomic E-state index is -1.64. The van der Waals surface area contributed by atoms with Gasteiger partial charge in [0.1, 0.15) is 24.6 Å². The number of carbonyl (C=O) groups is 7. The molecule has 0 spiro atoms. The summed E-state index contributed by atoms with van der Waals surface area (Å²) in [6, 6.07) is 8.21. The van der Waals surface area contributed by atoms with E-state index in [0.717, 1.165) is 48.5 Å². The van der Waals surface area contributed by atoms with Gasteiger partial charge in [0.25, 0.3) is 0 Å². The number of benzene rings is 1. The number of carbonyl (C=O) groups excluding carboxylic acids is 7. The van der Waals surface area contributed by atoms with Gasteiger partial charge in [0.2, 0.25) is 12.4 Å². The Bertz CT molecular complexity index is 1380. The Hall–Kier alpha value is -4.81. The number of ether oxygens (including phenoxy) is 11. The van der Waals surface area contributed by atoms with E-state index in [1.54, 1.807) is 30.3 Å². The first-order valence-electron chi connectivity index (χ1n) is 15.4. The van der Waals surface area contributed by atoms with Crippen molar-refractivity contribution in [3.8, 4) is 5.75 Å². The molecule has 1 aromatic carbocycles. The second kappa shape index (κ2) is 18.3. The van der Waals surface area contributed by atoms with E-state index in [-0.39, 0.29) is 5.75 Å². The third-order valence-corrected chi connectivity index (χ3v) is 6.87. The lowest BCUT2D eigenvalue weighted by Crippen LogP contribution is -2.65. The van der Waals surface area contributed by atoms with Crippen molar-refractivity contribution in [2.45, 2.75) is 110 Å². The molecule has 0 unspecified atom stereocenters. The van der Waals surface area contributed by atoms with Crippen LogP contribution >= 0.6 is 0 Å². The van der Waals surface area contributed by atoms with Gasteiger partial charge in [-0.05, 0) is 12.1 Å². The molecule has 2 fully saturated rings. The van der Waals surface area contributed by atoms with Crippen LogP contribution in [0.3, 0.4) is 0 Å². The molecule has 2 aliphatic rings. The van der Waals surface area contributed by atoms with Crippen molar-refractivity contribution in [3.63, 3.8) is 0 Å². The maximum atomic E-state index is 12.3. The maximum Gasteiger partial charge on any atom is 0.303 e. The zero-order valence-corrected chi connectivity index (χ0v) is 28.4. The molecule has 0 aromatic heterocycles. The molecule has 0 amide bonds. The highest BCUT2D eigenvalue weighted by Crippen LogP contribution is 2.33. The lowest BCUT2D eigenvalue weighted by atomic mass is 9.97. The molecule has 0 aliphatic carbocycles. The summed E-state index contributed by atoms with van der Waals surface area (Å²) in [5.74, 6) is -5.47. The van der Waals surface area contributed by atoms with Crippen LogP contribution in [0.2, 0.25) is 0 Å². The predicted molar refractivity (Wildman–Crippen MR) is 160 cm³/mol. The molecule has 0 saturated carbocycles. The third-order valence-electron chi connectivity index (χ3n) is 6.87. The molecule has 50 heavy (non-hydrogen) atoms. The number of para-hydroxylation sites is 1. The fourth-order valence-corrected chi connectivity index (χ4v) is 5.23. The van der Waals surface area contributed by atoms with Crippen molar-refractivity contribution in [2.75, 3.05) is 13.2 Å². The van der Waals surface area contributed by atoms with E-state index in [1.165, 1.54) is 0 Å². The molecule has 1 aromatic rings. The van der Waals surface area contributed by atoms with Crippen LogP contribution in [-0.2, 0) is 80.9 Å². The van der Waals surface area contributed by atoms with E-state index in [0.29, 0.717) is 0 Å². The van der Waals surface area contributed by atoms with Gasteiger partial charge in [0.15, 0.2) is 36.8 Å². The first-order chi connectivity index (χ1) is 23.5. The molecule has 0 radical (unpaired) electrons. The van der Waals surface area contributed by atoms with Crippen molar-refractivity contribution >= 4 is 41.8 Å².